The Balaban J connectivity index is 1.53. The van der Waals surface area contributed by atoms with Crippen LogP contribution in [-0.2, 0) is 4.74 Å². The zero-order valence-corrected chi connectivity index (χ0v) is 18.0. The summed E-state index contributed by atoms with van der Waals surface area (Å²) in [6, 6.07) is 15.5. The van der Waals surface area contributed by atoms with Gasteiger partial charge in [0.05, 0.1) is 28.3 Å². The number of aromatic nitrogens is 1. The summed E-state index contributed by atoms with van der Waals surface area (Å²) < 4.78 is 12.1. The monoisotopic (exact) mass is 450 g/mol. The Kier molecular flexibility index (Phi) is 5.59. The summed E-state index contributed by atoms with van der Waals surface area (Å²) in [5.74, 6) is 1.11. The van der Waals surface area contributed by atoms with E-state index in [1.165, 1.54) is 6.07 Å². The number of para-hydroxylation sites is 1. The number of nitro benzene ring substituents is 1. The highest BCUT2D eigenvalue weighted by Gasteiger charge is 2.43. The average Bonchev–Trinajstić information content (AvgIpc) is 3.56. The van der Waals surface area contributed by atoms with Crippen molar-refractivity contribution < 1.29 is 14.1 Å². The maximum Gasteiger partial charge on any atom is 0.280 e. The van der Waals surface area contributed by atoms with Gasteiger partial charge in [0.2, 0.25) is 0 Å². The van der Waals surface area contributed by atoms with Gasteiger partial charge in [-0.1, -0.05) is 18.2 Å². The molecule has 2 aromatic heterocycles. The zero-order chi connectivity index (χ0) is 22.1. The summed E-state index contributed by atoms with van der Waals surface area (Å²) in [4.78, 5) is 17.7. The van der Waals surface area contributed by atoms with Crippen LogP contribution in [0.4, 0.5) is 5.69 Å². The molecule has 0 radical (unpaired) electrons. The van der Waals surface area contributed by atoms with Gasteiger partial charge < -0.3 is 19.4 Å². The Morgan fingerprint density at radius 3 is 2.78 bits per heavy atom. The fraction of sp³-hybridized carbons (Fsp3) is 0.304. The first kappa shape index (κ1) is 20.6. The molecule has 3 aromatic rings. The van der Waals surface area contributed by atoms with E-state index in [-0.39, 0.29) is 23.9 Å². The molecule has 2 aliphatic heterocycles. The number of furan rings is 1. The van der Waals surface area contributed by atoms with Crippen LogP contribution in [0.25, 0.3) is 11.3 Å². The van der Waals surface area contributed by atoms with Crippen molar-refractivity contribution in [2.45, 2.75) is 31.0 Å². The van der Waals surface area contributed by atoms with Crippen molar-refractivity contribution in [2.75, 3.05) is 13.2 Å². The van der Waals surface area contributed by atoms with Gasteiger partial charge in [-0.3, -0.25) is 15.1 Å². The maximum absolute atomic E-state index is 11.5. The molecule has 2 saturated heterocycles. The third-order valence-corrected chi connectivity index (χ3v) is 6.26. The molecule has 0 unspecified atom stereocenters. The second-order valence-corrected chi connectivity index (χ2v) is 8.28. The lowest BCUT2D eigenvalue weighted by Crippen LogP contribution is -2.36. The van der Waals surface area contributed by atoms with Crippen molar-refractivity contribution in [2.24, 2.45) is 0 Å². The minimum atomic E-state index is -0.399. The van der Waals surface area contributed by atoms with E-state index in [9.17, 15) is 10.1 Å². The van der Waals surface area contributed by atoms with E-state index in [1.54, 1.807) is 30.5 Å². The van der Waals surface area contributed by atoms with E-state index in [1.807, 2.05) is 24.3 Å². The number of nitro groups is 1. The van der Waals surface area contributed by atoms with E-state index in [4.69, 9.17) is 21.4 Å². The van der Waals surface area contributed by atoms with Crippen LogP contribution in [0.5, 0.6) is 0 Å². The number of hydrogen-bond acceptors (Lipinski definition) is 6. The molecule has 9 heteroatoms. The van der Waals surface area contributed by atoms with Crippen LogP contribution in [0.15, 0.2) is 65.2 Å². The van der Waals surface area contributed by atoms with Gasteiger partial charge in [-0.05, 0) is 55.4 Å². The molecule has 0 saturated carbocycles. The Morgan fingerprint density at radius 1 is 1.19 bits per heavy atom. The predicted octanol–water partition coefficient (Wildman–Crippen LogP) is 4.40. The van der Waals surface area contributed by atoms with Crippen LogP contribution in [0.1, 0.15) is 36.4 Å². The summed E-state index contributed by atoms with van der Waals surface area (Å²) >= 11 is 5.68. The molecule has 0 amide bonds. The van der Waals surface area contributed by atoms with Crippen LogP contribution >= 0.6 is 12.2 Å². The molecule has 1 aromatic carbocycles. The van der Waals surface area contributed by atoms with Gasteiger partial charge in [0.25, 0.3) is 5.69 Å². The van der Waals surface area contributed by atoms with E-state index < -0.39 is 4.92 Å². The number of pyridine rings is 1. The third kappa shape index (κ3) is 3.85. The van der Waals surface area contributed by atoms with E-state index in [0.29, 0.717) is 28.7 Å². The van der Waals surface area contributed by atoms with Gasteiger partial charge in [0, 0.05) is 25.4 Å². The fourth-order valence-corrected chi connectivity index (χ4v) is 4.73. The molecule has 8 nitrogen and oxygen atoms in total. The van der Waals surface area contributed by atoms with Gasteiger partial charge in [-0.2, -0.15) is 0 Å². The van der Waals surface area contributed by atoms with Crippen molar-refractivity contribution in [3.8, 4) is 11.3 Å². The van der Waals surface area contributed by atoms with Gasteiger partial charge in [0.1, 0.15) is 17.6 Å². The molecule has 2 aliphatic rings. The van der Waals surface area contributed by atoms with Crippen molar-refractivity contribution >= 4 is 23.0 Å². The van der Waals surface area contributed by atoms with Crippen LogP contribution in [0.2, 0.25) is 0 Å². The summed E-state index contributed by atoms with van der Waals surface area (Å²) in [6.07, 6.45) is 3.88. The van der Waals surface area contributed by atoms with Gasteiger partial charge in [-0.25, -0.2) is 0 Å². The minimum Gasteiger partial charge on any atom is -0.459 e. The van der Waals surface area contributed by atoms with Crippen molar-refractivity contribution in [3.05, 3.63) is 82.4 Å². The van der Waals surface area contributed by atoms with Crippen molar-refractivity contribution in [1.29, 1.82) is 0 Å². The largest absolute Gasteiger partial charge is 0.459 e. The molecule has 5 rings (SSSR count). The van der Waals surface area contributed by atoms with Crippen LogP contribution in [0.3, 0.4) is 0 Å². The zero-order valence-electron chi connectivity index (χ0n) is 17.2. The number of ether oxygens (including phenoxy) is 1. The van der Waals surface area contributed by atoms with Crippen LogP contribution < -0.4 is 5.32 Å². The topological polar surface area (TPSA) is 93.7 Å². The van der Waals surface area contributed by atoms with E-state index >= 15 is 0 Å². The summed E-state index contributed by atoms with van der Waals surface area (Å²) in [5, 5.41) is 15.5. The smallest absolute Gasteiger partial charge is 0.280 e. The summed E-state index contributed by atoms with van der Waals surface area (Å²) in [7, 11) is 0. The second kappa shape index (κ2) is 8.68. The fourth-order valence-electron chi connectivity index (χ4n) is 4.42. The van der Waals surface area contributed by atoms with Gasteiger partial charge >= 0.3 is 0 Å². The predicted molar refractivity (Wildman–Crippen MR) is 122 cm³/mol. The molecule has 32 heavy (non-hydrogen) atoms. The standard InChI is InChI=1S/C23H22N4O4S/c28-27(29)18-9-2-1-7-16(18)19-10-11-20(31-19)22-21(17-8-3-4-12-24-17)25-23(32)26(22)14-15-6-5-13-30-15/h1-4,7-12,15,21-22H,5-6,13-14H2,(H,25,32)/t15-,21-,22-/m0/s1. The number of hydrogen-bond donors (Lipinski definition) is 1. The Hall–Kier alpha value is -3.30. The molecule has 164 valence electrons. The molecule has 3 atom stereocenters. The molecular weight excluding hydrogens is 428 g/mol. The first-order valence-electron chi connectivity index (χ1n) is 10.5. The van der Waals surface area contributed by atoms with E-state index in [2.05, 4.69) is 15.2 Å². The first-order valence-corrected chi connectivity index (χ1v) is 11.0. The molecule has 1 N–H and O–H groups in total. The molecule has 0 bridgehead atoms. The lowest BCUT2D eigenvalue weighted by molar-refractivity contribution is -0.384. The molecule has 0 spiro atoms. The summed E-state index contributed by atoms with van der Waals surface area (Å²) in [5.41, 5.74) is 1.29. The Bertz CT molecular complexity index is 1130. The minimum absolute atomic E-state index is 0.00551. The second-order valence-electron chi connectivity index (χ2n) is 7.89. The van der Waals surface area contributed by atoms with Gasteiger partial charge in [0.15, 0.2) is 5.11 Å². The lowest BCUT2D eigenvalue weighted by atomic mass is 10.0. The number of nitrogens with zero attached hydrogens (tertiary/aromatic N) is 3. The quantitative estimate of drug-likeness (QED) is 0.336. The number of rotatable bonds is 6. The number of benzene rings is 1. The highest BCUT2D eigenvalue weighted by molar-refractivity contribution is 7.80. The van der Waals surface area contributed by atoms with Gasteiger partial charge in [-0.15, -0.1) is 0 Å². The van der Waals surface area contributed by atoms with Crippen LogP contribution in [0, 0.1) is 10.1 Å². The third-order valence-electron chi connectivity index (χ3n) is 5.91. The Labute approximate surface area is 190 Å². The molecule has 0 aliphatic carbocycles. The molecule has 4 heterocycles. The first-order chi connectivity index (χ1) is 15.6. The molecule has 2 fully saturated rings. The normalized spacial score (nSPS) is 22.8. The highest BCUT2D eigenvalue weighted by Crippen LogP contribution is 2.42. The molecular formula is C23H22N4O4S. The van der Waals surface area contributed by atoms with Crippen molar-refractivity contribution in [1.82, 2.24) is 15.2 Å². The maximum atomic E-state index is 11.5. The summed E-state index contributed by atoms with van der Waals surface area (Å²) in [6.45, 7) is 1.40. The average molecular weight is 451 g/mol. The number of thiocarbonyl (C=S) groups is 1. The van der Waals surface area contributed by atoms with E-state index in [0.717, 1.165) is 25.1 Å². The highest BCUT2D eigenvalue weighted by atomic mass is 32.1. The number of nitrogens with one attached hydrogen (secondary N) is 1. The lowest BCUT2D eigenvalue weighted by Gasteiger charge is -2.28. The van der Waals surface area contributed by atoms with Crippen LogP contribution in [-0.4, -0.2) is 39.2 Å². The Morgan fingerprint density at radius 2 is 2.03 bits per heavy atom. The van der Waals surface area contributed by atoms with Crippen molar-refractivity contribution in [3.63, 3.8) is 0 Å². The SMILES string of the molecule is O=[N+]([O-])c1ccccc1-c1ccc([C@H]2[C@H](c3ccccn3)NC(=S)N2C[C@@H]2CCCO2)o1.